The Hall–Kier alpha value is -2.90. The number of benzene rings is 2. The van der Waals surface area contributed by atoms with Crippen molar-refractivity contribution in [3.05, 3.63) is 82.4 Å². The molecule has 1 N–H and O–H groups in total. The van der Waals surface area contributed by atoms with Gasteiger partial charge in [0.2, 0.25) is 0 Å². The number of halogens is 1. The zero-order chi connectivity index (χ0) is 22.5. The van der Waals surface area contributed by atoms with Gasteiger partial charge in [-0.15, -0.1) is 0 Å². The lowest BCUT2D eigenvalue weighted by molar-refractivity contribution is -0.140. The van der Waals surface area contributed by atoms with Crippen LogP contribution >= 0.6 is 15.9 Å². The number of hydrogen-bond acceptors (Lipinski definition) is 5. The number of aliphatic hydroxyl groups is 1. The molecule has 6 nitrogen and oxygen atoms in total. The Kier molecular flexibility index (Phi) is 7.30. The summed E-state index contributed by atoms with van der Waals surface area (Å²) in [6, 6.07) is 13.5. The molecule has 7 heteroatoms. The molecule has 1 aliphatic heterocycles. The van der Waals surface area contributed by atoms with E-state index < -0.39 is 17.7 Å². The van der Waals surface area contributed by atoms with Crippen LogP contribution in [-0.4, -0.2) is 60.4 Å². The highest BCUT2D eigenvalue weighted by atomic mass is 79.9. The zero-order valence-corrected chi connectivity index (χ0v) is 19.1. The summed E-state index contributed by atoms with van der Waals surface area (Å²) in [4.78, 5) is 29.3. The standard InChI is InChI=1S/C24H25BrN2O4/c1-4-15-31-19-11-7-16(8-12-19)21-20(22(28)17-5-9-18(25)10-6-17)23(29)24(30)27(21)14-13-26(2)3/h4-12,21,28H,1,13-15H2,2-3H3/b22-20+/t21-/m1/s1. The molecular weight excluding hydrogens is 460 g/mol. The molecule has 162 valence electrons. The number of nitrogens with zero attached hydrogens (tertiary/aromatic N) is 2. The summed E-state index contributed by atoms with van der Waals surface area (Å²) in [6.07, 6.45) is 1.66. The predicted molar refractivity (Wildman–Crippen MR) is 124 cm³/mol. The van der Waals surface area contributed by atoms with Crippen molar-refractivity contribution in [3.63, 3.8) is 0 Å². The van der Waals surface area contributed by atoms with Gasteiger partial charge in [0.05, 0.1) is 11.6 Å². The first-order valence-corrected chi connectivity index (χ1v) is 10.7. The van der Waals surface area contributed by atoms with Gasteiger partial charge in [0.15, 0.2) is 0 Å². The Bertz CT molecular complexity index is 997. The third-order valence-corrected chi connectivity index (χ3v) is 5.54. The van der Waals surface area contributed by atoms with Crippen molar-refractivity contribution in [1.82, 2.24) is 9.80 Å². The molecule has 1 saturated heterocycles. The number of carbonyl (C=O) groups excluding carboxylic acids is 2. The zero-order valence-electron chi connectivity index (χ0n) is 17.5. The number of ether oxygens (including phenoxy) is 1. The average molecular weight is 485 g/mol. The molecule has 1 atom stereocenters. The van der Waals surface area contributed by atoms with Crippen LogP contribution in [0.25, 0.3) is 5.76 Å². The predicted octanol–water partition coefficient (Wildman–Crippen LogP) is 4.00. The third-order valence-electron chi connectivity index (χ3n) is 5.01. The molecule has 2 aromatic rings. The maximum absolute atomic E-state index is 13.0. The molecule has 0 radical (unpaired) electrons. The van der Waals surface area contributed by atoms with Gasteiger partial charge < -0.3 is 19.6 Å². The van der Waals surface area contributed by atoms with Crippen molar-refractivity contribution in [1.29, 1.82) is 0 Å². The summed E-state index contributed by atoms with van der Waals surface area (Å²) >= 11 is 3.37. The second kappa shape index (κ2) is 9.94. The van der Waals surface area contributed by atoms with Crippen LogP contribution in [0.2, 0.25) is 0 Å². The van der Waals surface area contributed by atoms with E-state index in [4.69, 9.17) is 4.74 Å². The Morgan fingerprint density at radius 2 is 1.81 bits per heavy atom. The first kappa shape index (κ1) is 22.8. The molecule has 0 aromatic heterocycles. The molecule has 2 aromatic carbocycles. The van der Waals surface area contributed by atoms with Crippen LogP contribution in [0.15, 0.2) is 71.2 Å². The number of ketones is 1. The summed E-state index contributed by atoms with van der Waals surface area (Å²) in [5, 5.41) is 11.0. The van der Waals surface area contributed by atoms with Crippen LogP contribution in [0.3, 0.4) is 0 Å². The number of likely N-dealkylation sites (tertiary alicyclic amines) is 1. The minimum Gasteiger partial charge on any atom is -0.507 e. The molecule has 1 amide bonds. The molecule has 1 fully saturated rings. The topological polar surface area (TPSA) is 70.1 Å². The third kappa shape index (κ3) is 5.06. The molecule has 0 saturated carbocycles. The van der Waals surface area contributed by atoms with Gasteiger partial charge in [0.1, 0.15) is 18.1 Å². The summed E-state index contributed by atoms with van der Waals surface area (Å²) in [7, 11) is 3.80. The highest BCUT2D eigenvalue weighted by molar-refractivity contribution is 9.10. The lowest BCUT2D eigenvalue weighted by atomic mass is 9.95. The lowest BCUT2D eigenvalue weighted by Gasteiger charge is -2.26. The van der Waals surface area contributed by atoms with Crippen molar-refractivity contribution in [2.24, 2.45) is 0 Å². The van der Waals surface area contributed by atoms with Crippen LogP contribution < -0.4 is 4.74 Å². The largest absolute Gasteiger partial charge is 0.507 e. The summed E-state index contributed by atoms with van der Waals surface area (Å²) in [6.45, 7) is 4.95. The van der Waals surface area contributed by atoms with Gasteiger partial charge in [-0.2, -0.15) is 0 Å². The summed E-state index contributed by atoms with van der Waals surface area (Å²) < 4.78 is 6.39. The molecule has 31 heavy (non-hydrogen) atoms. The second-order valence-corrected chi connectivity index (χ2v) is 8.39. The molecular formula is C24H25BrN2O4. The maximum Gasteiger partial charge on any atom is 0.295 e. The highest BCUT2D eigenvalue weighted by Crippen LogP contribution is 2.39. The molecule has 1 heterocycles. The van der Waals surface area contributed by atoms with Crippen LogP contribution in [0, 0.1) is 0 Å². The quantitative estimate of drug-likeness (QED) is 0.265. The van der Waals surface area contributed by atoms with Crippen LogP contribution in [-0.2, 0) is 9.59 Å². The van der Waals surface area contributed by atoms with Crippen LogP contribution in [0.5, 0.6) is 5.75 Å². The maximum atomic E-state index is 13.0. The van der Waals surface area contributed by atoms with Gasteiger partial charge >= 0.3 is 0 Å². The van der Waals surface area contributed by atoms with Gasteiger partial charge in [-0.25, -0.2) is 0 Å². The Morgan fingerprint density at radius 1 is 1.16 bits per heavy atom. The lowest BCUT2D eigenvalue weighted by Crippen LogP contribution is -2.35. The molecule has 0 aliphatic carbocycles. The van der Waals surface area contributed by atoms with Gasteiger partial charge in [-0.3, -0.25) is 9.59 Å². The average Bonchev–Trinajstić information content (AvgIpc) is 3.01. The Morgan fingerprint density at radius 3 is 2.39 bits per heavy atom. The van der Waals surface area contributed by atoms with Gasteiger partial charge in [0, 0.05) is 23.1 Å². The number of amides is 1. The van der Waals surface area contributed by atoms with Crippen molar-refractivity contribution < 1.29 is 19.4 Å². The number of likely N-dealkylation sites (N-methyl/N-ethyl adjacent to an activating group) is 1. The Balaban J connectivity index is 2.07. The number of hydrogen-bond donors (Lipinski definition) is 1. The van der Waals surface area contributed by atoms with E-state index in [1.165, 1.54) is 4.90 Å². The summed E-state index contributed by atoms with van der Waals surface area (Å²) in [5.74, 6) is -0.828. The van der Waals surface area contributed by atoms with Crippen molar-refractivity contribution >= 4 is 33.4 Å². The van der Waals surface area contributed by atoms with E-state index in [1.807, 2.05) is 31.1 Å². The van der Waals surface area contributed by atoms with E-state index in [0.29, 0.717) is 31.0 Å². The van der Waals surface area contributed by atoms with Gasteiger partial charge in [-0.05, 0) is 43.9 Å². The van der Waals surface area contributed by atoms with Crippen molar-refractivity contribution in [3.8, 4) is 5.75 Å². The first-order chi connectivity index (χ1) is 14.8. The number of aliphatic hydroxyl groups excluding tert-OH is 1. The fraction of sp³-hybridized carbons (Fsp3) is 0.250. The molecule has 3 rings (SSSR count). The van der Waals surface area contributed by atoms with E-state index >= 15 is 0 Å². The van der Waals surface area contributed by atoms with E-state index in [2.05, 4.69) is 22.5 Å². The second-order valence-electron chi connectivity index (χ2n) is 7.47. The number of Topliss-reactive ketones (excluding diaryl/α,β-unsaturated/α-hetero) is 1. The molecule has 0 unspecified atom stereocenters. The fourth-order valence-corrected chi connectivity index (χ4v) is 3.69. The van der Waals surface area contributed by atoms with E-state index in [9.17, 15) is 14.7 Å². The summed E-state index contributed by atoms with van der Waals surface area (Å²) in [5.41, 5.74) is 1.29. The van der Waals surface area contributed by atoms with E-state index in [1.54, 1.807) is 42.5 Å². The van der Waals surface area contributed by atoms with E-state index in [0.717, 1.165) is 10.0 Å². The Labute approximate surface area is 190 Å². The number of rotatable bonds is 8. The SMILES string of the molecule is C=CCOc1ccc([C@@H]2/C(=C(\O)c3ccc(Br)cc3)C(=O)C(=O)N2CCN(C)C)cc1. The van der Waals surface area contributed by atoms with Crippen molar-refractivity contribution in [2.45, 2.75) is 6.04 Å². The minimum atomic E-state index is -0.684. The highest BCUT2D eigenvalue weighted by Gasteiger charge is 2.45. The van der Waals surface area contributed by atoms with Crippen molar-refractivity contribution in [2.75, 3.05) is 33.8 Å². The smallest absolute Gasteiger partial charge is 0.295 e. The van der Waals surface area contributed by atoms with Gasteiger partial charge in [-0.1, -0.05) is 52.9 Å². The monoisotopic (exact) mass is 484 g/mol. The minimum absolute atomic E-state index is 0.0887. The van der Waals surface area contributed by atoms with Crippen LogP contribution in [0.4, 0.5) is 0 Å². The van der Waals surface area contributed by atoms with Crippen LogP contribution in [0.1, 0.15) is 17.2 Å². The molecule has 0 spiro atoms. The first-order valence-electron chi connectivity index (χ1n) is 9.86. The van der Waals surface area contributed by atoms with E-state index in [-0.39, 0.29) is 11.3 Å². The molecule has 0 bridgehead atoms. The number of carbonyl (C=O) groups is 2. The fourth-order valence-electron chi connectivity index (χ4n) is 3.43. The van der Waals surface area contributed by atoms with Gasteiger partial charge in [0.25, 0.3) is 11.7 Å². The molecule has 1 aliphatic rings. The normalized spacial score (nSPS) is 17.9.